The standard InChI is InChI=1S/C22H16ClN5O2S2/c1-13-11-17(28(27-13)14-7-3-2-4-8-14)24-18(29)12-31-22-26-25-21(30-22)20-19(23)15-9-5-6-10-16(15)32-20/h2-11H,12H2,1H3,(H,24,29). The molecule has 7 nitrogen and oxygen atoms in total. The zero-order chi connectivity index (χ0) is 22.1. The third kappa shape index (κ3) is 4.14. The molecule has 1 amide bonds. The Morgan fingerprint density at radius 1 is 1.16 bits per heavy atom. The zero-order valence-electron chi connectivity index (χ0n) is 16.8. The van der Waals surface area contributed by atoms with Crippen molar-refractivity contribution in [3.63, 3.8) is 0 Å². The van der Waals surface area contributed by atoms with Gasteiger partial charge in [-0.3, -0.25) is 4.79 Å². The number of benzene rings is 2. The minimum absolute atomic E-state index is 0.112. The Morgan fingerprint density at radius 3 is 2.75 bits per heavy atom. The van der Waals surface area contributed by atoms with Gasteiger partial charge in [-0.15, -0.1) is 21.5 Å². The average Bonchev–Trinajstić information content (AvgIpc) is 3.51. The van der Waals surface area contributed by atoms with Crippen LogP contribution in [0.2, 0.25) is 5.02 Å². The van der Waals surface area contributed by atoms with Gasteiger partial charge in [0.2, 0.25) is 5.91 Å². The van der Waals surface area contributed by atoms with E-state index in [1.165, 1.54) is 11.3 Å². The maximum Gasteiger partial charge on any atom is 0.277 e. The van der Waals surface area contributed by atoms with Gasteiger partial charge in [-0.1, -0.05) is 59.8 Å². The third-order valence-electron chi connectivity index (χ3n) is 4.56. The predicted octanol–water partition coefficient (Wildman–Crippen LogP) is 5.83. The molecule has 1 N–H and O–H groups in total. The molecule has 0 atom stereocenters. The normalized spacial score (nSPS) is 11.2. The van der Waals surface area contributed by atoms with Crippen molar-refractivity contribution in [2.75, 3.05) is 11.1 Å². The number of nitrogens with one attached hydrogen (secondary N) is 1. The van der Waals surface area contributed by atoms with Crippen molar-refractivity contribution >= 4 is 56.5 Å². The van der Waals surface area contributed by atoms with E-state index in [0.29, 0.717) is 22.0 Å². The smallest absolute Gasteiger partial charge is 0.277 e. The van der Waals surface area contributed by atoms with Gasteiger partial charge in [-0.05, 0) is 25.1 Å². The highest BCUT2D eigenvalue weighted by Gasteiger charge is 2.19. The van der Waals surface area contributed by atoms with Gasteiger partial charge in [-0.2, -0.15) is 5.10 Å². The first-order chi connectivity index (χ1) is 15.6. The van der Waals surface area contributed by atoms with E-state index in [-0.39, 0.29) is 11.7 Å². The summed E-state index contributed by atoms with van der Waals surface area (Å²) in [5, 5.41) is 17.4. The number of aromatic nitrogens is 4. The van der Waals surface area contributed by atoms with Gasteiger partial charge in [-0.25, -0.2) is 4.68 Å². The molecule has 2 aromatic carbocycles. The van der Waals surface area contributed by atoms with Crippen LogP contribution in [0.3, 0.4) is 0 Å². The number of para-hydroxylation sites is 1. The van der Waals surface area contributed by atoms with Gasteiger partial charge in [0.1, 0.15) is 10.7 Å². The summed E-state index contributed by atoms with van der Waals surface area (Å²) in [6.07, 6.45) is 0. The van der Waals surface area contributed by atoms with E-state index < -0.39 is 0 Å². The molecule has 3 aromatic heterocycles. The molecular weight excluding hydrogens is 466 g/mol. The van der Waals surface area contributed by atoms with Crippen LogP contribution in [0, 0.1) is 6.92 Å². The van der Waals surface area contributed by atoms with Gasteiger partial charge in [0.15, 0.2) is 0 Å². The second kappa shape index (κ2) is 8.78. The fourth-order valence-corrected chi connectivity index (χ4v) is 5.17. The lowest BCUT2D eigenvalue weighted by Gasteiger charge is -2.08. The van der Waals surface area contributed by atoms with Crippen molar-refractivity contribution in [3.8, 4) is 16.5 Å². The van der Waals surface area contributed by atoms with Crippen LogP contribution in [-0.2, 0) is 4.79 Å². The first-order valence-corrected chi connectivity index (χ1v) is 11.8. The highest BCUT2D eigenvalue weighted by Crippen LogP contribution is 2.41. The molecule has 0 aliphatic heterocycles. The molecule has 0 unspecified atom stereocenters. The lowest BCUT2D eigenvalue weighted by Crippen LogP contribution is -2.16. The van der Waals surface area contributed by atoms with Crippen LogP contribution in [0.1, 0.15) is 5.69 Å². The van der Waals surface area contributed by atoms with Gasteiger partial charge in [0.25, 0.3) is 11.1 Å². The number of rotatable bonds is 6. The van der Waals surface area contributed by atoms with Crippen LogP contribution in [0.5, 0.6) is 0 Å². The molecule has 0 bridgehead atoms. The monoisotopic (exact) mass is 481 g/mol. The van der Waals surface area contributed by atoms with E-state index in [4.69, 9.17) is 16.0 Å². The molecule has 32 heavy (non-hydrogen) atoms. The van der Waals surface area contributed by atoms with Gasteiger partial charge >= 0.3 is 0 Å². The summed E-state index contributed by atoms with van der Waals surface area (Å²) in [6, 6.07) is 19.3. The highest BCUT2D eigenvalue weighted by atomic mass is 35.5. The largest absolute Gasteiger partial charge is 0.410 e. The molecule has 0 saturated heterocycles. The van der Waals surface area contributed by atoms with Crippen molar-refractivity contribution in [3.05, 3.63) is 71.4 Å². The van der Waals surface area contributed by atoms with E-state index in [0.717, 1.165) is 38.1 Å². The second-order valence-corrected chi connectivity index (χ2v) is 9.23. The molecule has 0 aliphatic rings. The van der Waals surface area contributed by atoms with Crippen LogP contribution in [0.25, 0.3) is 26.5 Å². The molecule has 0 radical (unpaired) electrons. The number of amides is 1. The minimum Gasteiger partial charge on any atom is -0.410 e. The summed E-state index contributed by atoms with van der Waals surface area (Å²) >= 11 is 9.15. The van der Waals surface area contributed by atoms with Crippen LogP contribution in [-0.4, -0.2) is 31.6 Å². The number of anilines is 1. The van der Waals surface area contributed by atoms with E-state index in [9.17, 15) is 4.79 Å². The summed E-state index contributed by atoms with van der Waals surface area (Å²) in [5.74, 6) is 0.854. The molecule has 0 saturated carbocycles. The first-order valence-electron chi connectivity index (χ1n) is 9.64. The maximum atomic E-state index is 12.5. The number of hydrogen-bond acceptors (Lipinski definition) is 7. The van der Waals surface area contributed by atoms with E-state index in [1.807, 2.05) is 67.6 Å². The molecule has 0 spiro atoms. The van der Waals surface area contributed by atoms with Crippen molar-refractivity contribution < 1.29 is 9.21 Å². The Kier molecular flexibility index (Phi) is 5.69. The molecule has 5 aromatic rings. The molecular formula is C22H16ClN5O2S2. The Hall–Kier alpha value is -3.14. The Balaban J connectivity index is 1.27. The van der Waals surface area contributed by atoms with Crippen molar-refractivity contribution in [2.45, 2.75) is 12.1 Å². The SMILES string of the molecule is Cc1cc(NC(=O)CSc2nnc(-c3sc4ccccc4c3Cl)o2)n(-c2ccccc2)n1. The summed E-state index contributed by atoms with van der Waals surface area (Å²) in [5.41, 5.74) is 1.67. The maximum absolute atomic E-state index is 12.5. The fourth-order valence-electron chi connectivity index (χ4n) is 3.17. The van der Waals surface area contributed by atoms with Crippen molar-refractivity contribution in [2.24, 2.45) is 0 Å². The summed E-state index contributed by atoms with van der Waals surface area (Å²) < 4.78 is 8.49. The molecule has 0 aliphatic carbocycles. The number of carbonyl (C=O) groups is 1. The molecule has 3 heterocycles. The molecule has 5 rings (SSSR count). The number of thioether (sulfide) groups is 1. The second-order valence-electron chi connectivity index (χ2n) is 6.87. The van der Waals surface area contributed by atoms with Gasteiger partial charge < -0.3 is 9.73 Å². The van der Waals surface area contributed by atoms with Gasteiger partial charge in [0.05, 0.1) is 22.2 Å². The Labute approximate surface area is 196 Å². The number of aryl methyl sites for hydroxylation is 1. The fraction of sp³-hybridized carbons (Fsp3) is 0.0909. The third-order valence-corrected chi connectivity index (χ3v) is 7.04. The van der Waals surface area contributed by atoms with E-state index in [2.05, 4.69) is 20.6 Å². The number of nitrogens with zero attached hydrogens (tertiary/aromatic N) is 4. The minimum atomic E-state index is -0.202. The van der Waals surface area contributed by atoms with E-state index in [1.54, 1.807) is 4.68 Å². The topological polar surface area (TPSA) is 85.8 Å². The number of halogens is 1. The Morgan fingerprint density at radius 2 is 1.94 bits per heavy atom. The number of carbonyl (C=O) groups excluding carboxylic acids is 1. The Bertz CT molecular complexity index is 1410. The lowest BCUT2D eigenvalue weighted by atomic mass is 10.2. The van der Waals surface area contributed by atoms with Crippen LogP contribution in [0.15, 0.2) is 70.3 Å². The highest BCUT2D eigenvalue weighted by molar-refractivity contribution is 7.99. The number of thiophene rings is 1. The zero-order valence-corrected chi connectivity index (χ0v) is 19.2. The molecule has 10 heteroatoms. The first kappa shape index (κ1) is 20.7. The molecule has 0 fully saturated rings. The van der Waals surface area contributed by atoms with E-state index >= 15 is 0 Å². The summed E-state index contributed by atoms with van der Waals surface area (Å²) in [7, 11) is 0. The number of hydrogen-bond donors (Lipinski definition) is 1. The van der Waals surface area contributed by atoms with Crippen molar-refractivity contribution in [1.29, 1.82) is 0 Å². The van der Waals surface area contributed by atoms with Crippen LogP contribution >= 0.6 is 34.7 Å². The quantitative estimate of drug-likeness (QED) is 0.307. The summed E-state index contributed by atoms with van der Waals surface area (Å²) in [6.45, 7) is 1.88. The van der Waals surface area contributed by atoms with Crippen LogP contribution < -0.4 is 5.32 Å². The van der Waals surface area contributed by atoms with Gasteiger partial charge in [0, 0.05) is 16.2 Å². The number of fused-ring (bicyclic) bond motifs is 1. The molecule has 160 valence electrons. The van der Waals surface area contributed by atoms with Crippen LogP contribution in [0.4, 0.5) is 5.82 Å². The lowest BCUT2D eigenvalue weighted by molar-refractivity contribution is -0.113. The van der Waals surface area contributed by atoms with Crippen molar-refractivity contribution in [1.82, 2.24) is 20.0 Å². The summed E-state index contributed by atoms with van der Waals surface area (Å²) in [4.78, 5) is 13.3. The predicted molar refractivity (Wildman–Crippen MR) is 128 cm³/mol. The average molecular weight is 482 g/mol.